The van der Waals surface area contributed by atoms with Crippen LogP contribution >= 0.6 is 43.2 Å². The minimum absolute atomic E-state index is 0.0298. The van der Waals surface area contributed by atoms with E-state index < -0.39 is 17.6 Å². The summed E-state index contributed by atoms with van der Waals surface area (Å²) >= 11 is 7.64. The maximum Gasteiger partial charge on any atom is 0.418 e. The normalized spacial score (nSPS) is 11.5. The van der Waals surface area contributed by atoms with Crippen LogP contribution in [0.2, 0.25) is 0 Å². The Bertz CT molecular complexity index is 681. The molecule has 112 valence electrons. The molecule has 0 saturated heterocycles. The molecule has 3 nitrogen and oxygen atoms in total. The average Bonchev–Trinajstić information content (AvgIpc) is 2.71. The van der Waals surface area contributed by atoms with Crippen molar-refractivity contribution in [2.24, 2.45) is 0 Å². The predicted octanol–water partition coefficient (Wildman–Crippen LogP) is 5.13. The number of alkyl halides is 3. The number of amides is 1. The summed E-state index contributed by atoms with van der Waals surface area (Å²) in [5, 5.41) is 2.41. The van der Waals surface area contributed by atoms with Gasteiger partial charge in [-0.3, -0.25) is 4.79 Å². The van der Waals surface area contributed by atoms with E-state index in [2.05, 4.69) is 37.2 Å². The first-order valence-corrected chi connectivity index (χ1v) is 7.81. The van der Waals surface area contributed by atoms with Gasteiger partial charge in [0.2, 0.25) is 0 Å². The van der Waals surface area contributed by atoms with E-state index in [-0.39, 0.29) is 11.4 Å². The highest BCUT2D eigenvalue weighted by atomic mass is 79.9. The van der Waals surface area contributed by atoms with Crippen molar-refractivity contribution >= 4 is 60.5 Å². The second-order valence-electron chi connectivity index (χ2n) is 3.99. The van der Waals surface area contributed by atoms with E-state index >= 15 is 0 Å². The zero-order valence-electron chi connectivity index (χ0n) is 10.1. The number of benzene rings is 1. The van der Waals surface area contributed by atoms with Crippen LogP contribution in [-0.2, 0) is 6.18 Å². The summed E-state index contributed by atoms with van der Waals surface area (Å²) < 4.78 is 39.6. The van der Waals surface area contributed by atoms with Gasteiger partial charge in [-0.2, -0.15) is 13.2 Å². The van der Waals surface area contributed by atoms with Gasteiger partial charge < -0.3 is 11.1 Å². The van der Waals surface area contributed by atoms with Crippen molar-refractivity contribution in [1.29, 1.82) is 0 Å². The molecule has 0 saturated carbocycles. The molecule has 9 heteroatoms. The van der Waals surface area contributed by atoms with Gasteiger partial charge in [0.05, 0.1) is 14.2 Å². The Hall–Kier alpha value is -1.06. The molecule has 0 spiro atoms. The van der Waals surface area contributed by atoms with Crippen LogP contribution in [-0.4, -0.2) is 5.91 Å². The predicted molar refractivity (Wildman–Crippen MR) is 83.5 cm³/mol. The van der Waals surface area contributed by atoms with Crippen molar-refractivity contribution in [3.05, 3.63) is 43.0 Å². The second-order valence-corrected chi connectivity index (χ2v) is 7.21. The number of nitrogens with one attached hydrogen (secondary N) is 1. The molecule has 1 heterocycles. The number of nitrogen functional groups attached to an aromatic ring is 1. The summed E-state index contributed by atoms with van der Waals surface area (Å²) in [4.78, 5) is 12.3. The second kappa shape index (κ2) is 5.98. The van der Waals surface area contributed by atoms with Gasteiger partial charge in [0, 0.05) is 15.8 Å². The summed E-state index contributed by atoms with van der Waals surface area (Å²) in [6, 6.07) is 4.82. The number of carbonyl (C=O) groups is 1. The van der Waals surface area contributed by atoms with E-state index in [0.29, 0.717) is 9.35 Å². The first-order valence-electron chi connectivity index (χ1n) is 5.41. The zero-order chi connectivity index (χ0) is 15.8. The third-order valence-corrected chi connectivity index (χ3v) is 5.74. The van der Waals surface area contributed by atoms with E-state index in [0.717, 1.165) is 15.9 Å². The van der Waals surface area contributed by atoms with Crippen LogP contribution in [0.1, 0.15) is 15.2 Å². The Kier molecular flexibility index (Phi) is 4.64. The molecule has 1 aromatic heterocycles. The lowest BCUT2D eigenvalue weighted by Crippen LogP contribution is -2.13. The van der Waals surface area contributed by atoms with Gasteiger partial charge in [-0.1, -0.05) is 0 Å². The van der Waals surface area contributed by atoms with Crippen molar-refractivity contribution in [1.82, 2.24) is 0 Å². The van der Waals surface area contributed by atoms with Gasteiger partial charge in [-0.25, -0.2) is 0 Å². The number of anilines is 2. The fourth-order valence-corrected chi connectivity index (χ4v) is 3.46. The number of rotatable bonds is 2. The number of halogens is 5. The van der Waals surface area contributed by atoms with Crippen molar-refractivity contribution in [3.8, 4) is 0 Å². The summed E-state index contributed by atoms with van der Waals surface area (Å²) in [7, 11) is 0. The highest BCUT2D eigenvalue weighted by molar-refractivity contribution is 9.13. The number of nitrogens with two attached hydrogens (primary N) is 1. The molecule has 0 aliphatic heterocycles. The Labute approximate surface area is 138 Å². The lowest BCUT2D eigenvalue weighted by molar-refractivity contribution is -0.136. The molecule has 0 aliphatic rings. The maximum absolute atomic E-state index is 12.7. The third kappa shape index (κ3) is 3.78. The molecule has 3 N–H and O–H groups in total. The van der Waals surface area contributed by atoms with Crippen LogP contribution in [0.3, 0.4) is 0 Å². The van der Waals surface area contributed by atoms with Crippen molar-refractivity contribution in [2.45, 2.75) is 6.18 Å². The van der Waals surface area contributed by atoms with Gasteiger partial charge in [0.1, 0.15) is 0 Å². The van der Waals surface area contributed by atoms with E-state index in [1.807, 2.05) is 0 Å². The van der Waals surface area contributed by atoms with Gasteiger partial charge in [0.15, 0.2) is 0 Å². The molecule has 2 aromatic rings. The van der Waals surface area contributed by atoms with E-state index in [1.165, 1.54) is 17.4 Å². The van der Waals surface area contributed by atoms with E-state index in [1.54, 1.807) is 6.07 Å². The molecular weight excluding hydrogens is 437 g/mol. The van der Waals surface area contributed by atoms with E-state index in [4.69, 9.17) is 5.73 Å². The molecule has 0 fully saturated rings. The van der Waals surface area contributed by atoms with Crippen molar-refractivity contribution in [2.75, 3.05) is 11.1 Å². The third-order valence-electron chi connectivity index (χ3n) is 2.49. The monoisotopic (exact) mass is 442 g/mol. The van der Waals surface area contributed by atoms with Gasteiger partial charge in [0.25, 0.3) is 5.91 Å². The van der Waals surface area contributed by atoms with Crippen LogP contribution in [0.25, 0.3) is 0 Å². The fraction of sp³-hybridized carbons (Fsp3) is 0.0833. The SMILES string of the molecule is Nc1ccc(NC(=O)c2cc(Br)c(Br)s2)cc1C(F)(F)F. The van der Waals surface area contributed by atoms with Crippen LogP contribution in [0.15, 0.2) is 32.5 Å². The highest BCUT2D eigenvalue weighted by Crippen LogP contribution is 2.36. The number of hydrogen-bond donors (Lipinski definition) is 2. The first kappa shape index (κ1) is 16.3. The minimum atomic E-state index is -4.57. The maximum atomic E-state index is 12.7. The summed E-state index contributed by atoms with van der Waals surface area (Å²) in [6.07, 6.45) is -4.57. The van der Waals surface area contributed by atoms with Crippen LogP contribution in [0, 0.1) is 0 Å². The number of carbonyl (C=O) groups excluding carboxylic acids is 1. The Morgan fingerprint density at radius 3 is 2.43 bits per heavy atom. The van der Waals surface area contributed by atoms with Gasteiger partial charge >= 0.3 is 6.18 Å². The van der Waals surface area contributed by atoms with Crippen LogP contribution < -0.4 is 11.1 Å². The molecule has 0 aliphatic carbocycles. The quantitative estimate of drug-likeness (QED) is 0.632. The van der Waals surface area contributed by atoms with Gasteiger partial charge in [-0.05, 0) is 56.1 Å². The largest absolute Gasteiger partial charge is 0.418 e. The number of thiophene rings is 1. The summed E-state index contributed by atoms with van der Waals surface area (Å²) in [6.45, 7) is 0. The zero-order valence-corrected chi connectivity index (χ0v) is 14.1. The Balaban J connectivity index is 2.26. The standard InChI is InChI=1S/C12H7Br2F3N2OS/c13-7-4-9(21-10(7)14)11(20)19-5-1-2-8(18)6(3-5)12(15,16)17/h1-4H,18H2,(H,19,20). The van der Waals surface area contributed by atoms with Crippen molar-refractivity contribution in [3.63, 3.8) is 0 Å². The van der Waals surface area contributed by atoms with Gasteiger partial charge in [-0.15, -0.1) is 11.3 Å². The lowest BCUT2D eigenvalue weighted by atomic mass is 10.1. The van der Waals surface area contributed by atoms with Crippen LogP contribution in [0.5, 0.6) is 0 Å². The highest BCUT2D eigenvalue weighted by Gasteiger charge is 2.33. The molecule has 0 radical (unpaired) electrons. The lowest BCUT2D eigenvalue weighted by Gasteiger charge is -2.12. The first-order chi connectivity index (χ1) is 9.68. The van der Waals surface area contributed by atoms with Crippen molar-refractivity contribution < 1.29 is 18.0 Å². The summed E-state index contributed by atoms with van der Waals surface area (Å²) in [5.41, 5.74) is 3.96. The Morgan fingerprint density at radius 2 is 1.90 bits per heavy atom. The fourth-order valence-electron chi connectivity index (χ4n) is 1.53. The average molecular weight is 444 g/mol. The molecule has 1 aromatic carbocycles. The molecule has 2 rings (SSSR count). The minimum Gasteiger partial charge on any atom is -0.398 e. The molecule has 21 heavy (non-hydrogen) atoms. The smallest absolute Gasteiger partial charge is 0.398 e. The van der Waals surface area contributed by atoms with Crippen LogP contribution in [0.4, 0.5) is 24.5 Å². The molecular formula is C12H7Br2F3N2OS. The summed E-state index contributed by atoms with van der Waals surface area (Å²) in [5.74, 6) is -0.496. The molecule has 0 atom stereocenters. The Morgan fingerprint density at radius 1 is 1.24 bits per heavy atom. The van der Waals surface area contributed by atoms with E-state index in [9.17, 15) is 18.0 Å². The molecule has 0 bridgehead atoms. The molecule has 1 amide bonds. The topological polar surface area (TPSA) is 55.1 Å². The molecule has 0 unspecified atom stereocenters. The number of hydrogen-bond acceptors (Lipinski definition) is 3.